The number of hydrogen-bond donors (Lipinski definition) is 3. The van der Waals surface area contributed by atoms with Crippen LogP contribution in [0.3, 0.4) is 0 Å². The van der Waals surface area contributed by atoms with E-state index in [9.17, 15) is 19.2 Å². The van der Waals surface area contributed by atoms with Crippen molar-refractivity contribution < 1.29 is 28.7 Å². The summed E-state index contributed by atoms with van der Waals surface area (Å²) in [5.41, 5.74) is 5.83. The summed E-state index contributed by atoms with van der Waals surface area (Å²) in [6.07, 6.45) is 0.761. The Labute approximate surface area is 200 Å². The maximum atomic E-state index is 13.1. The van der Waals surface area contributed by atoms with E-state index in [1.165, 1.54) is 12.0 Å². The third-order valence-corrected chi connectivity index (χ3v) is 5.52. The van der Waals surface area contributed by atoms with E-state index in [1.807, 2.05) is 30.3 Å². The van der Waals surface area contributed by atoms with Crippen LogP contribution in [0.2, 0.25) is 0 Å². The average molecular weight is 477 g/mol. The molecule has 1 aromatic carbocycles. The van der Waals surface area contributed by atoms with Gasteiger partial charge in [0.05, 0.1) is 19.2 Å². The van der Waals surface area contributed by atoms with Gasteiger partial charge in [-0.2, -0.15) is 0 Å². The molecule has 0 unspecified atom stereocenters. The van der Waals surface area contributed by atoms with Gasteiger partial charge in [-0.3, -0.25) is 14.9 Å². The van der Waals surface area contributed by atoms with E-state index in [-0.39, 0.29) is 12.3 Å². The van der Waals surface area contributed by atoms with Gasteiger partial charge in [0.1, 0.15) is 17.7 Å². The number of carbonyl (C=O) groups is 4. The van der Waals surface area contributed by atoms with Crippen LogP contribution >= 0.6 is 0 Å². The summed E-state index contributed by atoms with van der Waals surface area (Å²) in [6.45, 7) is 7.21. The van der Waals surface area contributed by atoms with Crippen molar-refractivity contribution in [1.82, 2.24) is 15.5 Å². The molecule has 1 fully saturated rings. The molecule has 34 heavy (non-hydrogen) atoms. The Morgan fingerprint density at radius 3 is 2.38 bits per heavy atom. The van der Waals surface area contributed by atoms with Crippen LogP contribution in [0.4, 0.5) is 4.79 Å². The van der Waals surface area contributed by atoms with Crippen LogP contribution in [0.25, 0.3) is 0 Å². The molecule has 4 atom stereocenters. The topological polar surface area (TPSA) is 140 Å². The molecular weight excluding hydrogens is 440 g/mol. The molecule has 0 bridgehead atoms. The lowest BCUT2D eigenvalue weighted by Crippen LogP contribution is -2.62. The van der Waals surface area contributed by atoms with Gasteiger partial charge in [-0.1, -0.05) is 30.3 Å². The van der Waals surface area contributed by atoms with E-state index in [0.29, 0.717) is 19.4 Å². The van der Waals surface area contributed by atoms with Crippen molar-refractivity contribution in [3.8, 4) is 0 Å². The van der Waals surface area contributed by atoms with Crippen molar-refractivity contribution in [1.29, 1.82) is 0 Å². The van der Waals surface area contributed by atoms with E-state index in [4.69, 9.17) is 15.2 Å². The monoisotopic (exact) mass is 476 g/mol. The molecule has 4 N–H and O–H groups in total. The van der Waals surface area contributed by atoms with Crippen molar-refractivity contribution in [3.05, 3.63) is 35.9 Å². The molecule has 1 aliphatic rings. The Bertz CT molecular complexity index is 870. The largest absolute Gasteiger partial charge is 0.467 e. The van der Waals surface area contributed by atoms with Crippen molar-refractivity contribution >= 4 is 23.9 Å². The van der Waals surface area contributed by atoms with E-state index in [2.05, 4.69) is 10.6 Å². The highest BCUT2D eigenvalue weighted by atomic mass is 16.6. The summed E-state index contributed by atoms with van der Waals surface area (Å²) in [7, 11) is 1.28. The summed E-state index contributed by atoms with van der Waals surface area (Å²) >= 11 is 0. The lowest BCUT2D eigenvalue weighted by atomic mass is 9.98. The van der Waals surface area contributed by atoms with Crippen LogP contribution in [0, 0.1) is 0 Å². The van der Waals surface area contributed by atoms with Crippen molar-refractivity contribution in [2.45, 2.75) is 76.7 Å². The van der Waals surface area contributed by atoms with Crippen LogP contribution < -0.4 is 16.4 Å². The van der Waals surface area contributed by atoms with Gasteiger partial charge < -0.3 is 25.4 Å². The highest BCUT2D eigenvalue weighted by molar-refractivity contribution is 5.89. The Morgan fingerprint density at radius 2 is 1.82 bits per heavy atom. The minimum absolute atomic E-state index is 0.274. The third kappa shape index (κ3) is 7.72. The molecule has 0 saturated carbocycles. The lowest BCUT2D eigenvalue weighted by molar-refractivity contribution is -0.151. The number of nitrogens with one attached hydrogen (secondary N) is 2. The van der Waals surface area contributed by atoms with Gasteiger partial charge >= 0.3 is 12.1 Å². The van der Waals surface area contributed by atoms with Gasteiger partial charge in [0.15, 0.2) is 0 Å². The number of methoxy groups -OCH3 is 1. The minimum atomic E-state index is -1.08. The molecule has 1 heterocycles. The summed E-state index contributed by atoms with van der Waals surface area (Å²) in [4.78, 5) is 51.6. The van der Waals surface area contributed by atoms with E-state index in [1.54, 1.807) is 27.7 Å². The van der Waals surface area contributed by atoms with Crippen molar-refractivity contribution in [3.63, 3.8) is 0 Å². The maximum Gasteiger partial charge on any atom is 0.407 e. The van der Waals surface area contributed by atoms with E-state index < -0.39 is 47.7 Å². The van der Waals surface area contributed by atoms with Crippen LogP contribution in [0.5, 0.6) is 0 Å². The molecule has 0 radical (unpaired) electrons. The molecule has 188 valence electrons. The first kappa shape index (κ1) is 27.1. The molecule has 2 rings (SSSR count). The van der Waals surface area contributed by atoms with Gasteiger partial charge in [-0.15, -0.1) is 0 Å². The van der Waals surface area contributed by atoms with Gasteiger partial charge in [-0.05, 0) is 52.5 Å². The fraction of sp³-hybridized carbons (Fsp3) is 0.583. The number of alkyl carbamates (subject to hydrolysis) is 1. The number of esters is 1. The third-order valence-electron chi connectivity index (χ3n) is 5.52. The molecule has 1 aromatic rings. The van der Waals surface area contributed by atoms with Gasteiger partial charge in [0.2, 0.25) is 11.8 Å². The Hall–Kier alpha value is -3.14. The van der Waals surface area contributed by atoms with Crippen LogP contribution in [0.15, 0.2) is 30.3 Å². The van der Waals surface area contributed by atoms with E-state index in [0.717, 1.165) is 5.56 Å². The second kappa shape index (κ2) is 11.8. The first-order chi connectivity index (χ1) is 15.9. The minimum Gasteiger partial charge on any atom is -0.467 e. The molecule has 10 heteroatoms. The lowest BCUT2D eigenvalue weighted by Gasteiger charge is -2.32. The molecule has 3 amide bonds. The quantitative estimate of drug-likeness (QED) is 0.454. The number of benzene rings is 1. The van der Waals surface area contributed by atoms with Crippen molar-refractivity contribution in [2.75, 3.05) is 13.7 Å². The molecule has 0 aliphatic carbocycles. The standard InChI is InChI=1S/C24H36N4O6/c1-15(21(30)28-13-9-12-18(28)22(31)33-5)26-19(20(25)29)17(14-16-10-7-6-8-11-16)27-23(32)34-24(2,3)4/h6-8,10-11,15,17-19,26H,9,12-14H2,1-5H3,(H2,25,29)(H,27,32)/t15-,17-,18-,19-/m0/s1. The fourth-order valence-corrected chi connectivity index (χ4v) is 3.98. The molecular formula is C24H36N4O6. The second-order valence-corrected chi connectivity index (χ2v) is 9.42. The van der Waals surface area contributed by atoms with Gasteiger partial charge in [0, 0.05) is 6.54 Å². The number of nitrogens with two attached hydrogens (primary N) is 1. The number of amides is 3. The number of nitrogens with zero attached hydrogens (tertiary/aromatic N) is 1. The SMILES string of the molecule is COC(=O)[C@@H]1CCCN1C(=O)[C@H](C)N[C@H](C(N)=O)[C@H](Cc1ccccc1)NC(=O)OC(C)(C)C. The molecule has 10 nitrogen and oxygen atoms in total. The van der Waals surface area contributed by atoms with Crippen molar-refractivity contribution in [2.24, 2.45) is 5.73 Å². The molecule has 0 spiro atoms. The van der Waals surface area contributed by atoms with Gasteiger partial charge in [0.25, 0.3) is 0 Å². The van der Waals surface area contributed by atoms with E-state index >= 15 is 0 Å². The molecule has 1 saturated heterocycles. The zero-order valence-corrected chi connectivity index (χ0v) is 20.5. The zero-order chi connectivity index (χ0) is 25.5. The first-order valence-electron chi connectivity index (χ1n) is 11.4. The fourth-order valence-electron chi connectivity index (χ4n) is 3.98. The molecule has 0 aromatic heterocycles. The van der Waals surface area contributed by atoms with Crippen LogP contribution in [-0.4, -0.2) is 72.2 Å². The summed E-state index contributed by atoms with van der Waals surface area (Å²) < 4.78 is 10.2. The number of hydrogen-bond acceptors (Lipinski definition) is 7. The Kier molecular flexibility index (Phi) is 9.43. The first-order valence-corrected chi connectivity index (χ1v) is 11.4. The Morgan fingerprint density at radius 1 is 1.18 bits per heavy atom. The number of carbonyl (C=O) groups excluding carboxylic acids is 4. The highest BCUT2D eigenvalue weighted by Crippen LogP contribution is 2.20. The average Bonchev–Trinajstić information content (AvgIpc) is 3.24. The summed E-state index contributed by atoms with van der Waals surface area (Å²) in [5.74, 6) is -1.56. The number of rotatable bonds is 9. The Balaban J connectivity index is 2.22. The summed E-state index contributed by atoms with van der Waals surface area (Å²) in [5, 5.41) is 5.70. The number of primary amides is 1. The number of likely N-dealkylation sites (tertiary alicyclic amines) is 1. The predicted molar refractivity (Wildman–Crippen MR) is 126 cm³/mol. The predicted octanol–water partition coefficient (Wildman–Crippen LogP) is 1.12. The highest BCUT2D eigenvalue weighted by Gasteiger charge is 2.39. The normalized spacial score (nSPS) is 18.5. The smallest absolute Gasteiger partial charge is 0.407 e. The number of ether oxygens (including phenoxy) is 2. The zero-order valence-electron chi connectivity index (χ0n) is 20.5. The maximum absolute atomic E-state index is 13.1. The summed E-state index contributed by atoms with van der Waals surface area (Å²) in [6, 6.07) is 5.90. The molecule has 1 aliphatic heterocycles. The van der Waals surface area contributed by atoms with Crippen LogP contribution in [0.1, 0.15) is 46.1 Å². The van der Waals surface area contributed by atoms with Gasteiger partial charge in [-0.25, -0.2) is 9.59 Å². The second-order valence-electron chi connectivity index (χ2n) is 9.42. The van der Waals surface area contributed by atoms with Crippen LogP contribution in [-0.2, 0) is 30.3 Å².